The average Bonchev–Trinajstić information content (AvgIpc) is 2.01. The van der Waals surface area contributed by atoms with Crippen molar-refractivity contribution in [2.75, 3.05) is 6.61 Å². The summed E-state index contributed by atoms with van der Waals surface area (Å²) in [5.74, 6) is -0.136. The van der Waals surface area contributed by atoms with Crippen molar-refractivity contribution in [1.29, 1.82) is 0 Å². The van der Waals surface area contributed by atoms with E-state index in [2.05, 4.69) is 0 Å². The van der Waals surface area contributed by atoms with E-state index >= 15 is 0 Å². The summed E-state index contributed by atoms with van der Waals surface area (Å²) in [7, 11) is 0. The number of hydrogen-bond acceptors (Lipinski definition) is 4. The molecule has 70 valence electrons. The highest BCUT2D eigenvalue weighted by Crippen LogP contribution is 2.19. The monoisotopic (exact) mass is 174 g/mol. The van der Waals surface area contributed by atoms with Crippen LogP contribution in [0.1, 0.15) is 25.7 Å². The number of ether oxygens (including phenoxy) is 1. The summed E-state index contributed by atoms with van der Waals surface area (Å²) in [6.07, 6.45) is 2.10. The quantitative estimate of drug-likeness (QED) is 0.568. The zero-order chi connectivity index (χ0) is 8.97. The van der Waals surface area contributed by atoms with Crippen LogP contribution in [0.4, 0.5) is 0 Å². The molecule has 0 aromatic rings. The van der Waals surface area contributed by atoms with Gasteiger partial charge in [-0.1, -0.05) is 0 Å². The molecule has 2 atom stereocenters. The first kappa shape index (κ1) is 9.48. The van der Waals surface area contributed by atoms with Gasteiger partial charge in [0, 0.05) is 0 Å². The molecule has 1 rings (SSSR count). The molecule has 0 saturated carbocycles. The first-order valence-corrected chi connectivity index (χ1v) is 4.20. The number of esters is 1. The Morgan fingerprint density at radius 1 is 1.67 bits per heavy atom. The van der Waals surface area contributed by atoms with Gasteiger partial charge in [0.1, 0.15) is 6.10 Å². The van der Waals surface area contributed by atoms with Crippen LogP contribution in [0.5, 0.6) is 0 Å². The Balaban J connectivity index is 1.93. The van der Waals surface area contributed by atoms with Gasteiger partial charge in [0.05, 0.1) is 19.1 Å². The van der Waals surface area contributed by atoms with E-state index in [1.54, 1.807) is 0 Å². The maximum absolute atomic E-state index is 10.4. The van der Waals surface area contributed by atoms with Gasteiger partial charge in [-0.25, -0.2) is 0 Å². The van der Waals surface area contributed by atoms with Crippen LogP contribution in [0.2, 0.25) is 0 Å². The average molecular weight is 174 g/mol. The van der Waals surface area contributed by atoms with E-state index in [-0.39, 0.29) is 18.7 Å². The van der Waals surface area contributed by atoms with Crippen molar-refractivity contribution < 1.29 is 19.7 Å². The standard InChI is InChI=1S/C8H14O4/c9-5-6(10)2-1-3-7-4-8(11)12-7/h6-7,9-10H,1-5H2. The van der Waals surface area contributed by atoms with E-state index in [1.165, 1.54) is 0 Å². The second-order valence-electron chi connectivity index (χ2n) is 3.08. The zero-order valence-electron chi connectivity index (χ0n) is 6.90. The molecule has 0 aliphatic carbocycles. The minimum atomic E-state index is -0.624. The fraction of sp³-hybridized carbons (Fsp3) is 0.875. The number of hydrogen-bond donors (Lipinski definition) is 2. The van der Waals surface area contributed by atoms with Crippen molar-refractivity contribution in [3.05, 3.63) is 0 Å². The van der Waals surface area contributed by atoms with E-state index in [4.69, 9.17) is 14.9 Å². The third-order valence-electron chi connectivity index (χ3n) is 1.97. The molecule has 0 spiro atoms. The van der Waals surface area contributed by atoms with Crippen LogP contribution in [-0.2, 0) is 9.53 Å². The molecule has 1 heterocycles. The van der Waals surface area contributed by atoms with Crippen LogP contribution < -0.4 is 0 Å². The second kappa shape index (κ2) is 4.42. The van der Waals surface area contributed by atoms with E-state index in [0.29, 0.717) is 12.8 Å². The third kappa shape index (κ3) is 2.79. The fourth-order valence-corrected chi connectivity index (χ4v) is 1.20. The minimum absolute atomic E-state index is 0.0587. The Labute approximate surface area is 71.2 Å². The molecule has 2 N–H and O–H groups in total. The van der Waals surface area contributed by atoms with Gasteiger partial charge in [0.2, 0.25) is 0 Å². The summed E-state index contributed by atoms with van der Waals surface area (Å²) >= 11 is 0. The van der Waals surface area contributed by atoms with Crippen molar-refractivity contribution >= 4 is 5.97 Å². The Morgan fingerprint density at radius 2 is 2.33 bits per heavy atom. The molecule has 12 heavy (non-hydrogen) atoms. The highest BCUT2D eigenvalue weighted by Gasteiger charge is 2.27. The minimum Gasteiger partial charge on any atom is -0.462 e. The lowest BCUT2D eigenvalue weighted by Crippen LogP contribution is -2.32. The lowest BCUT2D eigenvalue weighted by molar-refractivity contribution is -0.170. The summed E-state index contributed by atoms with van der Waals surface area (Å²) in [6.45, 7) is -0.190. The molecule has 0 amide bonds. The van der Waals surface area contributed by atoms with Crippen LogP contribution >= 0.6 is 0 Å². The van der Waals surface area contributed by atoms with Gasteiger partial charge in [-0.15, -0.1) is 0 Å². The molecule has 1 aliphatic rings. The fourth-order valence-electron chi connectivity index (χ4n) is 1.20. The van der Waals surface area contributed by atoms with E-state index in [0.717, 1.165) is 12.8 Å². The van der Waals surface area contributed by atoms with Gasteiger partial charge in [0.15, 0.2) is 0 Å². The summed E-state index contributed by atoms with van der Waals surface area (Å²) in [6, 6.07) is 0. The number of aliphatic hydroxyl groups excluding tert-OH is 2. The van der Waals surface area contributed by atoms with Crippen LogP contribution in [0, 0.1) is 0 Å². The molecule has 0 radical (unpaired) electrons. The van der Waals surface area contributed by atoms with Gasteiger partial charge in [0.25, 0.3) is 0 Å². The van der Waals surface area contributed by atoms with Crippen LogP contribution in [0.25, 0.3) is 0 Å². The maximum Gasteiger partial charge on any atom is 0.309 e. The van der Waals surface area contributed by atoms with Crippen molar-refractivity contribution in [3.63, 3.8) is 0 Å². The Kier molecular flexibility index (Phi) is 3.49. The summed E-state index contributed by atoms with van der Waals surface area (Å²) in [5.41, 5.74) is 0. The molecule has 1 fully saturated rings. The Morgan fingerprint density at radius 3 is 2.83 bits per heavy atom. The highest BCUT2D eigenvalue weighted by molar-refractivity contribution is 5.75. The Hall–Kier alpha value is -0.610. The normalized spacial score (nSPS) is 24.5. The molecule has 0 aromatic carbocycles. The number of carbonyl (C=O) groups is 1. The number of cyclic esters (lactones) is 1. The molecule has 0 aromatic heterocycles. The molecular formula is C8H14O4. The SMILES string of the molecule is O=C1CC(CCCC(O)CO)O1. The summed E-state index contributed by atoms with van der Waals surface area (Å²) in [5, 5.41) is 17.4. The maximum atomic E-state index is 10.4. The van der Waals surface area contributed by atoms with E-state index in [1.807, 2.05) is 0 Å². The summed E-state index contributed by atoms with van der Waals surface area (Å²) < 4.78 is 4.77. The molecule has 0 bridgehead atoms. The molecule has 2 unspecified atom stereocenters. The van der Waals surface area contributed by atoms with Crippen LogP contribution in [0.3, 0.4) is 0 Å². The smallest absolute Gasteiger partial charge is 0.309 e. The molecule has 1 aliphatic heterocycles. The first-order chi connectivity index (χ1) is 5.72. The zero-order valence-corrected chi connectivity index (χ0v) is 6.90. The van der Waals surface area contributed by atoms with Crippen molar-refractivity contribution in [2.45, 2.75) is 37.9 Å². The predicted molar refractivity (Wildman–Crippen MR) is 41.4 cm³/mol. The largest absolute Gasteiger partial charge is 0.462 e. The first-order valence-electron chi connectivity index (χ1n) is 4.20. The number of rotatable bonds is 5. The molecule has 1 saturated heterocycles. The number of carbonyl (C=O) groups excluding carboxylic acids is 1. The predicted octanol–water partition coefficient (Wildman–Crippen LogP) is -0.175. The van der Waals surface area contributed by atoms with Gasteiger partial charge < -0.3 is 14.9 Å². The van der Waals surface area contributed by atoms with Crippen molar-refractivity contribution in [2.24, 2.45) is 0 Å². The number of aliphatic hydroxyl groups is 2. The van der Waals surface area contributed by atoms with E-state index in [9.17, 15) is 4.79 Å². The van der Waals surface area contributed by atoms with Crippen LogP contribution in [0.15, 0.2) is 0 Å². The Bertz CT molecular complexity index is 149. The molecule has 4 nitrogen and oxygen atoms in total. The lowest BCUT2D eigenvalue weighted by Gasteiger charge is -2.25. The second-order valence-corrected chi connectivity index (χ2v) is 3.08. The van der Waals surface area contributed by atoms with Gasteiger partial charge in [-0.3, -0.25) is 4.79 Å². The van der Waals surface area contributed by atoms with Gasteiger partial charge in [-0.05, 0) is 19.3 Å². The lowest BCUT2D eigenvalue weighted by atomic mass is 10.0. The van der Waals surface area contributed by atoms with Gasteiger partial charge in [-0.2, -0.15) is 0 Å². The van der Waals surface area contributed by atoms with Crippen molar-refractivity contribution in [3.8, 4) is 0 Å². The third-order valence-corrected chi connectivity index (χ3v) is 1.97. The van der Waals surface area contributed by atoms with E-state index < -0.39 is 6.10 Å². The topological polar surface area (TPSA) is 66.8 Å². The highest BCUT2D eigenvalue weighted by atomic mass is 16.6. The van der Waals surface area contributed by atoms with Gasteiger partial charge >= 0.3 is 5.97 Å². The summed E-state index contributed by atoms with van der Waals surface area (Å²) in [4.78, 5) is 10.4. The van der Waals surface area contributed by atoms with Crippen LogP contribution in [-0.4, -0.2) is 35.0 Å². The molecular weight excluding hydrogens is 160 g/mol. The molecule has 4 heteroatoms. The van der Waals surface area contributed by atoms with Crippen molar-refractivity contribution in [1.82, 2.24) is 0 Å².